The molecule has 0 N–H and O–H groups in total. The van der Waals surface area contributed by atoms with Crippen molar-refractivity contribution in [1.29, 1.82) is 0 Å². The Hall–Kier alpha value is -1.18. The van der Waals surface area contributed by atoms with E-state index >= 15 is 0 Å². The van der Waals surface area contributed by atoms with Gasteiger partial charge in [0.15, 0.2) is 0 Å². The standard InChI is InChI=1S/C7H4FN/c8-7-5-3-1-2-4-6(5)9-7/h1-4H. The Kier molecular flexibility index (Phi) is 0.730. The highest BCUT2D eigenvalue weighted by atomic mass is 19.1. The molecule has 1 aromatic rings. The van der Waals surface area contributed by atoms with Gasteiger partial charge in [-0.05, 0) is 12.1 Å². The summed E-state index contributed by atoms with van der Waals surface area (Å²) in [4.78, 5) is 3.54. The molecule has 0 spiro atoms. The Labute approximate surface area is 51.2 Å². The molecule has 0 fully saturated rings. The fourth-order valence-corrected chi connectivity index (χ4v) is 0.859. The van der Waals surface area contributed by atoms with Crippen molar-refractivity contribution in [2.24, 2.45) is 4.99 Å². The Morgan fingerprint density at radius 2 is 2.00 bits per heavy atom. The van der Waals surface area contributed by atoms with Crippen LogP contribution in [0.3, 0.4) is 0 Å². The molecule has 1 nitrogen and oxygen atoms in total. The molecule has 44 valence electrons. The van der Waals surface area contributed by atoms with Crippen LogP contribution in [0, 0.1) is 0 Å². The van der Waals surface area contributed by atoms with E-state index in [1.807, 2.05) is 6.07 Å². The van der Waals surface area contributed by atoms with Gasteiger partial charge in [-0.25, -0.2) is 4.99 Å². The first-order chi connectivity index (χ1) is 4.38. The van der Waals surface area contributed by atoms with E-state index in [1.165, 1.54) is 0 Å². The smallest absolute Gasteiger partial charge is 0.219 e. The first-order valence-corrected chi connectivity index (χ1v) is 2.71. The molecule has 0 aliphatic carbocycles. The molecular formula is C7H4FN. The zero-order valence-corrected chi connectivity index (χ0v) is 4.63. The molecule has 0 saturated heterocycles. The Bertz CT molecular complexity index is 353. The van der Waals surface area contributed by atoms with E-state index < -0.39 is 0 Å². The van der Waals surface area contributed by atoms with Crippen molar-refractivity contribution in [3.05, 3.63) is 34.8 Å². The summed E-state index contributed by atoms with van der Waals surface area (Å²) in [5.74, 6) is -0.342. The molecule has 2 heteroatoms. The largest absolute Gasteiger partial charge is 0.222 e. The van der Waals surface area contributed by atoms with Gasteiger partial charge in [0.05, 0.1) is 10.6 Å². The van der Waals surface area contributed by atoms with Gasteiger partial charge < -0.3 is 0 Å². The van der Waals surface area contributed by atoms with Gasteiger partial charge in [0.2, 0.25) is 5.95 Å². The maximum absolute atomic E-state index is 12.3. The van der Waals surface area contributed by atoms with Gasteiger partial charge in [0.1, 0.15) is 0 Å². The van der Waals surface area contributed by atoms with Crippen LogP contribution in [0.2, 0.25) is 0 Å². The molecule has 2 rings (SSSR count). The summed E-state index contributed by atoms with van der Waals surface area (Å²) < 4.78 is 12.3. The molecule has 0 atom stereocenters. The first kappa shape index (κ1) is 4.68. The number of hydrogen-bond donors (Lipinski definition) is 0. The summed E-state index contributed by atoms with van der Waals surface area (Å²) in [5, 5.41) is 1.40. The number of fused-ring (bicyclic) bond motifs is 1. The summed E-state index contributed by atoms with van der Waals surface area (Å²) in [5.41, 5.74) is 0. The van der Waals surface area contributed by atoms with E-state index in [1.54, 1.807) is 18.2 Å². The third-order valence-electron chi connectivity index (χ3n) is 1.34. The summed E-state index contributed by atoms with van der Waals surface area (Å²) in [7, 11) is 0. The Balaban J connectivity index is 2.94. The maximum Gasteiger partial charge on any atom is 0.222 e. The topological polar surface area (TPSA) is 12.4 Å². The summed E-state index contributed by atoms with van der Waals surface area (Å²) in [6, 6.07) is 7.15. The fraction of sp³-hybridized carbons (Fsp3) is 0. The molecule has 0 unspecified atom stereocenters. The molecule has 0 radical (unpaired) electrons. The van der Waals surface area contributed by atoms with Gasteiger partial charge in [-0.2, -0.15) is 4.39 Å². The average molecular weight is 121 g/mol. The number of hydrogen-bond acceptors (Lipinski definition) is 1. The number of para-hydroxylation sites is 1. The summed E-state index contributed by atoms with van der Waals surface area (Å²) in [6.45, 7) is 0. The minimum atomic E-state index is -0.342. The molecule has 0 aromatic heterocycles. The molecule has 1 aromatic carbocycles. The zero-order chi connectivity index (χ0) is 6.27. The Morgan fingerprint density at radius 1 is 1.22 bits per heavy atom. The van der Waals surface area contributed by atoms with E-state index in [2.05, 4.69) is 4.99 Å². The van der Waals surface area contributed by atoms with Crippen LogP contribution in [-0.4, -0.2) is 0 Å². The molecule has 1 aliphatic rings. The van der Waals surface area contributed by atoms with Crippen LogP contribution in [-0.2, 0) is 0 Å². The predicted octanol–water partition coefficient (Wildman–Crippen LogP) is 0.355. The summed E-state index contributed by atoms with van der Waals surface area (Å²) in [6.07, 6.45) is 0. The van der Waals surface area contributed by atoms with Crippen LogP contribution in [0.15, 0.2) is 29.3 Å². The van der Waals surface area contributed by atoms with Crippen molar-refractivity contribution in [1.82, 2.24) is 0 Å². The molecule has 1 aliphatic heterocycles. The number of rotatable bonds is 0. The van der Waals surface area contributed by atoms with E-state index in [4.69, 9.17) is 0 Å². The van der Waals surface area contributed by atoms with Crippen LogP contribution in [0.4, 0.5) is 4.39 Å². The minimum absolute atomic E-state index is 0.342. The minimum Gasteiger partial charge on any atom is -0.219 e. The third kappa shape index (κ3) is 0.499. The second-order valence-corrected chi connectivity index (χ2v) is 1.92. The van der Waals surface area contributed by atoms with Crippen molar-refractivity contribution in [3.63, 3.8) is 0 Å². The van der Waals surface area contributed by atoms with Gasteiger partial charge in [-0.15, -0.1) is 0 Å². The van der Waals surface area contributed by atoms with Crippen molar-refractivity contribution >= 4 is 5.95 Å². The average Bonchev–Trinajstić information content (AvgIpc) is 1.86. The highest BCUT2D eigenvalue weighted by molar-refractivity contribution is 5.40. The van der Waals surface area contributed by atoms with Crippen molar-refractivity contribution in [3.8, 4) is 0 Å². The predicted molar refractivity (Wildman–Crippen MR) is 31.7 cm³/mol. The lowest BCUT2D eigenvalue weighted by Crippen LogP contribution is -2.32. The third-order valence-corrected chi connectivity index (χ3v) is 1.34. The zero-order valence-electron chi connectivity index (χ0n) is 4.63. The van der Waals surface area contributed by atoms with Gasteiger partial charge in [0.25, 0.3) is 0 Å². The molecule has 0 bridgehead atoms. The van der Waals surface area contributed by atoms with Crippen LogP contribution in [0.5, 0.6) is 0 Å². The van der Waals surface area contributed by atoms with E-state index in [9.17, 15) is 4.39 Å². The van der Waals surface area contributed by atoms with Crippen LogP contribution in [0.25, 0.3) is 5.95 Å². The molecule has 1 heterocycles. The lowest BCUT2D eigenvalue weighted by atomic mass is 10.2. The van der Waals surface area contributed by atoms with Crippen LogP contribution >= 0.6 is 0 Å². The van der Waals surface area contributed by atoms with Crippen LogP contribution in [0.1, 0.15) is 0 Å². The van der Waals surface area contributed by atoms with E-state index in [-0.39, 0.29) is 5.95 Å². The maximum atomic E-state index is 12.3. The lowest BCUT2D eigenvalue weighted by Gasteiger charge is -1.97. The van der Waals surface area contributed by atoms with Gasteiger partial charge in [-0.1, -0.05) is 12.1 Å². The molecule has 0 saturated carbocycles. The highest BCUT2D eigenvalue weighted by Gasteiger charge is 2.02. The van der Waals surface area contributed by atoms with E-state index in [0.717, 1.165) is 5.36 Å². The van der Waals surface area contributed by atoms with Gasteiger partial charge in [-0.3, -0.25) is 0 Å². The van der Waals surface area contributed by atoms with Gasteiger partial charge in [0, 0.05) is 0 Å². The van der Waals surface area contributed by atoms with Crippen molar-refractivity contribution in [2.75, 3.05) is 0 Å². The summed E-state index contributed by atoms with van der Waals surface area (Å²) >= 11 is 0. The molecule has 9 heavy (non-hydrogen) atoms. The monoisotopic (exact) mass is 121 g/mol. The SMILES string of the molecule is FC1=c2ccccc2=N1. The highest BCUT2D eigenvalue weighted by Crippen LogP contribution is 1.97. The Morgan fingerprint density at radius 3 is 2.56 bits per heavy atom. The number of halogens is 1. The van der Waals surface area contributed by atoms with Crippen molar-refractivity contribution in [2.45, 2.75) is 0 Å². The van der Waals surface area contributed by atoms with E-state index in [0.29, 0.717) is 5.22 Å². The second-order valence-electron chi connectivity index (χ2n) is 1.92. The number of nitrogens with zero attached hydrogens (tertiary/aromatic N) is 1. The van der Waals surface area contributed by atoms with Crippen molar-refractivity contribution < 1.29 is 4.39 Å². The quantitative estimate of drug-likeness (QED) is 0.439. The lowest BCUT2D eigenvalue weighted by molar-refractivity contribution is 0.706. The molecule has 0 amide bonds. The first-order valence-electron chi connectivity index (χ1n) is 2.71. The second kappa shape index (κ2) is 1.41. The van der Waals surface area contributed by atoms with Gasteiger partial charge >= 0.3 is 0 Å². The molecular weight excluding hydrogens is 117 g/mol. The van der Waals surface area contributed by atoms with Crippen LogP contribution < -0.4 is 10.6 Å². The normalized spacial score (nSPS) is 13.7. The fourth-order valence-electron chi connectivity index (χ4n) is 0.859. The number of benzene rings is 1.